The van der Waals surface area contributed by atoms with Gasteiger partial charge in [0, 0.05) is 5.38 Å². The molecule has 3 nitrogen and oxygen atoms in total. The van der Waals surface area contributed by atoms with E-state index in [2.05, 4.69) is 4.37 Å². The lowest BCUT2D eigenvalue weighted by atomic mass is 10.8. The maximum atomic E-state index is 10.0. The first-order chi connectivity index (χ1) is 3.80. The maximum absolute atomic E-state index is 10.0. The van der Waals surface area contributed by atoms with Gasteiger partial charge in [0.1, 0.15) is 0 Å². The maximum Gasteiger partial charge on any atom is 0.186 e. The van der Waals surface area contributed by atoms with Gasteiger partial charge in [0.15, 0.2) is 15.7 Å². The van der Waals surface area contributed by atoms with Crippen LogP contribution in [0.25, 0.3) is 0 Å². The van der Waals surface area contributed by atoms with E-state index in [9.17, 15) is 8.42 Å². The van der Waals surface area contributed by atoms with Gasteiger partial charge < -0.3 is 0 Å². The van der Waals surface area contributed by atoms with E-state index < -0.39 is 10.7 Å². The molecule has 0 radical (unpaired) electrons. The summed E-state index contributed by atoms with van der Waals surface area (Å²) in [7, 11) is -2.46. The van der Waals surface area contributed by atoms with Crippen LogP contribution in [0.1, 0.15) is 0 Å². The summed E-state index contributed by atoms with van der Waals surface area (Å²) >= 11 is 1.13. The van der Waals surface area contributed by atoms with Gasteiger partial charge in [-0.1, -0.05) is 0 Å². The molecule has 0 aliphatic heterocycles. The molecule has 0 saturated carbocycles. The standard InChI is InChI=1S/C3H3NO2S2/c5-8(6)3-1-2-7-4-3/h1-2,8H. The summed E-state index contributed by atoms with van der Waals surface area (Å²) in [5, 5.41) is 1.78. The van der Waals surface area contributed by atoms with Crippen molar-refractivity contribution in [1.29, 1.82) is 0 Å². The number of hydrogen-bond donors (Lipinski definition) is 1. The Labute approximate surface area is 52.1 Å². The zero-order valence-electron chi connectivity index (χ0n) is 3.77. The molecule has 1 rings (SSSR count). The Hall–Kier alpha value is -0.420. The minimum absolute atomic E-state index is 0.157. The summed E-state index contributed by atoms with van der Waals surface area (Å²) in [6.45, 7) is 0. The van der Waals surface area contributed by atoms with Crippen LogP contribution in [0.3, 0.4) is 0 Å². The third-order valence-corrected chi connectivity index (χ3v) is 1.93. The van der Waals surface area contributed by atoms with Crippen LogP contribution in [0.2, 0.25) is 0 Å². The van der Waals surface area contributed by atoms with E-state index in [4.69, 9.17) is 0 Å². The van der Waals surface area contributed by atoms with Gasteiger partial charge in [0.2, 0.25) is 0 Å². The second-order valence-corrected chi connectivity index (χ2v) is 2.75. The fraction of sp³-hybridized carbons (Fsp3) is 0. The molecular weight excluding hydrogens is 146 g/mol. The first-order valence-electron chi connectivity index (χ1n) is 1.85. The Kier molecular flexibility index (Phi) is 1.59. The molecule has 0 atom stereocenters. The van der Waals surface area contributed by atoms with Gasteiger partial charge in [0.05, 0.1) is 0 Å². The first-order valence-corrected chi connectivity index (χ1v) is 3.87. The van der Waals surface area contributed by atoms with E-state index in [0.29, 0.717) is 0 Å². The fourth-order valence-electron chi connectivity index (χ4n) is 0.300. The van der Waals surface area contributed by atoms with Crippen molar-refractivity contribution >= 4 is 22.2 Å². The predicted molar refractivity (Wildman–Crippen MR) is 30.7 cm³/mol. The minimum Gasteiger partial charge on any atom is -0.225 e. The lowest BCUT2D eigenvalue weighted by Crippen LogP contribution is -1.74. The number of aromatic nitrogens is 1. The zero-order chi connectivity index (χ0) is 5.98. The molecule has 0 bridgehead atoms. The number of rotatable bonds is 1. The van der Waals surface area contributed by atoms with Gasteiger partial charge >= 0.3 is 0 Å². The molecule has 1 heterocycles. The smallest absolute Gasteiger partial charge is 0.186 e. The van der Waals surface area contributed by atoms with Crippen LogP contribution in [0.15, 0.2) is 16.5 Å². The lowest BCUT2D eigenvalue weighted by molar-refractivity contribution is 0.612. The van der Waals surface area contributed by atoms with Gasteiger partial charge in [-0.2, -0.15) is 4.37 Å². The van der Waals surface area contributed by atoms with Crippen LogP contribution in [-0.4, -0.2) is 12.8 Å². The van der Waals surface area contributed by atoms with E-state index in [0.717, 1.165) is 11.5 Å². The van der Waals surface area contributed by atoms with Crippen molar-refractivity contribution in [2.75, 3.05) is 0 Å². The van der Waals surface area contributed by atoms with Crippen molar-refractivity contribution in [1.82, 2.24) is 4.37 Å². The van der Waals surface area contributed by atoms with Gasteiger partial charge in [-0.15, -0.1) is 0 Å². The highest BCUT2D eigenvalue weighted by Gasteiger charge is 1.91. The van der Waals surface area contributed by atoms with Crippen LogP contribution in [0.4, 0.5) is 0 Å². The second kappa shape index (κ2) is 2.23. The quantitative estimate of drug-likeness (QED) is 0.577. The number of thiol groups is 1. The van der Waals surface area contributed by atoms with Crippen molar-refractivity contribution in [3.63, 3.8) is 0 Å². The topological polar surface area (TPSA) is 47.0 Å². The van der Waals surface area contributed by atoms with Crippen molar-refractivity contribution in [3.8, 4) is 0 Å². The largest absolute Gasteiger partial charge is 0.225 e. The van der Waals surface area contributed by atoms with Gasteiger partial charge in [0.25, 0.3) is 0 Å². The summed E-state index contributed by atoms with van der Waals surface area (Å²) in [4.78, 5) is 0. The molecule has 44 valence electrons. The van der Waals surface area contributed by atoms with E-state index in [1.165, 1.54) is 6.07 Å². The van der Waals surface area contributed by atoms with E-state index >= 15 is 0 Å². The van der Waals surface area contributed by atoms with Crippen LogP contribution >= 0.6 is 11.5 Å². The van der Waals surface area contributed by atoms with Crippen LogP contribution in [0, 0.1) is 0 Å². The molecule has 0 spiro atoms. The molecule has 0 aromatic carbocycles. The van der Waals surface area contributed by atoms with Crippen molar-refractivity contribution in [3.05, 3.63) is 11.4 Å². The van der Waals surface area contributed by atoms with Crippen molar-refractivity contribution < 1.29 is 8.42 Å². The van der Waals surface area contributed by atoms with E-state index in [1.54, 1.807) is 5.38 Å². The summed E-state index contributed by atoms with van der Waals surface area (Å²) in [6.07, 6.45) is 0. The number of hydrogen-bond acceptors (Lipinski definition) is 4. The predicted octanol–water partition coefficient (Wildman–Crippen LogP) is 0.113. The highest BCUT2D eigenvalue weighted by atomic mass is 32.2. The Morgan fingerprint density at radius 1 is 1.62 bits per heavy atom. The fourth-order valence-corrected chi connectivity index (χ4v) is 1.43. The summed E-state index contributed by atoms with van der Waals surface area (Å²) in [6, 6.07) is 1.47. The Morgan fingerprint density at radius 2 is 2.38 bits per heavy atom. The summed E-state index contributed by atoms with van der Waals surface area (Å²) in [5.41, 5.74) is 0. The average Bonchev–Trinajstić information content (AvgIpc) is 2.12. The lowest BCUT2D eigenvalue weighted by Gasteiger charge is -1.69. The molecule has 0 fully saturated rings. The molecule has 0 aliphatic rings. The molecule has 0 aliphatic carbocycles. The van der Waals surface area contributed by atoms with Gasteiger partial charge in [-0.3, -0.25) is 0 Å². The average molecular weight is 149 g/mol. The molecule has 0 unspecified atom stereocenters. The highest BCUT2D eigenvalue weighted by Crippen LogP contribution is 1.98. The normalized spacial score (nSPS) is 10.1. The third kappa shape index (κ3) is 1.05. The zero-order valence-corrected chi connectivity index (χ0v) is 5.48. The molecule has 0 N–H and O–H groups in total. The van der Waals surface area contributed by atoms with Crippen LogP contribution < -0.4 is 0 Å². The highest BCUT2D eigenvalue weighted by molar-refractivity contribution is 7.72. The first kappa shape index (κ1) is 5.71. The van der Waals surface area contributed by atoms with Crippen LogP contribution in [-0.2, 0) is 10.7 Å². The minimum atomic E-state index is -2.46. The SMILES string of the molecule is O=[SH](=O)c1ccsn1. The molecule has 0 amide bonds. The third-order valence-electron chi connectivity index (χ3n) is 0.611. The molecular formula is C3H3NO2S2. The second-order valence-electron chi connectivity index (χ2n) is 1.11. The van der Waals surface area contributed by atoms with Gasteiger partial charge in [-0.25, -0.2) is 8.42 Å². The monoisotopic (exact) mass is 149 g/mol. The van der Waals surface area contributed by atoms with E-state index in [1.807, 2.05) is 0 Å². The summed E-state index contributed by atoms with van der Waals surface area (Å²) < 4.78 is 23.6. The Morgan fingerprint density at radius 3 is 2.62 bits per heavy atom. The Balaban J connectivity index is 3.11. The molecule has 1 aromatic heterocycles. The number of nitrogens with zero attached hydrogens (tertiary/aromatic N) is 1. The van der Waals surface area contributed by atoms with Gasteiger partial charge in [-0.05, 0) is 17.6 Å². The molecule has 8 heavy (non-hydrogen) atoms. The summed E-state index contributed by atoms with van der Waals surface area (Å²) in [5.74, 6) is 0. The van der Waals surface area contributed by atoms with Crippen molar-refractivity contribution in [2.45, 2.75) is 5.03 Å². The Bertz CT molecular complexity index is 217. The molecule has 0 saturated heterocycles. The van der Waals surface area contributed by atoms with Crippen LogP contribution in [0.5, 0.6) is 0 Å². The van der Waals surface area contributed by atoms with E-state index in [-0.39, 0.29) is 5.03 Å². The molecule has 1 aromatic rings. The van der Waals surface area contributed by atoms with Crippen molar-refractivity contribution in [2.24, 2.45) is 0 Å². The molecule has 5 heteroatoms.